The van der Waals surface area contributed by atoms with Crippen LogP contribution in [0.2, 0.25) is 0 Å². The summed E-state index contributed by atoms with van der Waals surface area (Å²) in [5, 5.41) is -0.478. The number of aromatic nitrogens is 1. The zero-order chi connectivity index (χ0) is 8.10. The minimum absolute atomic E-state index is 0.478. The Bertz CT molecular complexity index is 269. The van der Waals surface area contributed by atoms with Gasteiger partial charge in [0.25, 0.3) is 0 Å². The molecule has 0 amide bonds. The monoisotopic (exact) mass is 167 g/mol. The highest BCUT2D eigenvalue weighted by atomic mass is 35.5. The van der Waals surface area contributed by atoms with Crippen molar-refractivity contribution in [3.8, 4) is 0 Å². The van der Waals surface area contributed by atoms with Crippen molar-refractivity contribution in [2.45, 2.75) is 0 Å². The Morgan fingerprint density at radius 1 is 1.64 bits per heavy atom. The summed E-state index contributed by atoms with van der Waals surface area (Å²) in [5.41, 5.74) is 0.863. The minimum atomic E-state index is -0.478. The number of hydrogen-bond acceptors (Lipinski definition) is 2. The molecular formula is C8H6ClNO. The van der Waals surface area contributed by atoms with E-state index in [1.54, 1.807) is 24.5 Å². The number of carbonyl (C=O) groups is 1. The van der Waals surface area contributed by atoms with Gasteiger partial charge in [-0.3, -0.25) is 9.78 Å². The highest BCUT2D eigenvalue weighted by Crippen LogP contribution is 1.98. The molecule has 0 atom stereocenters. The average molecular weight is 168 g/mol. The van der Waals surface area contributed by atoms with Gasteiger partial charge in [-0.25, -0.2) is 0 Å². The molecule has 1 aromatic rings. The first-order valence-electron chi connectivity index (χ1n) is 3.06. The Balaban J connectivity index is 2.72. The molecule has 2 nitrogen and oxygen atoms in total. The first-order chi connectivity index (χ1) is 5.29. The lowest BCUT2D eigenvalue weighted by Crippen LogP contribution is -1.77. The molecule has 1 rings (SSSR count). The Morgan fingerprint density at radius 3 is 3.00 bits per heavy atom. The average Bonchev–Trinajstić information content (AvgIpc) is 2.03. The van der Waals surface area contributed by atoms with Gasteiger partial charge in [-0.2, -0.15) is 0 Å². The van der Waals surface area contributed by atoms with Gasteiger partial charge in [0.1, 0.15) is 0 Å². The highest BCUT2D eigenvalue weighted by Gasteiger charge is 1.86. The predicted octanol–water partition coefficient (Wildman–Crippen LogP) is 1.86. The highest BCUT2D eigenvalue weighted by molar-refractivity contribution is 6.66. The standard InChI is InChI=1S/C8H6ClNO/c9-8(11)4-3-7-2-1-5-10-6-7/h1-6H/b4-3-. The Morgan fingerprint density at radius 2 is 2.45 bits per heavy atom. The predicted molar refractivity (Wildman–Crippen MR) is 44.1 cm³/mol. The quantitative estimate of drug-likeness (QED) is 0.497. The van der Waals surface area contributed by atoms with E-state index in [0.717, 1.165) is 5.56 Å². The second-order valence-corrected chi connectivity index (χ2v) is 2.30. The van der Waals surface area contributed by atoms with Gasteiger partial charge < -0.3 is 0 Å². The number of rotatable bonds is 2. The normalized spacial score (nSPS) is 10.3. The van der Waals surface area contributed by atoms with Crippen LogP contribution in [0, 0.1) is 0 Å². The van der Waals surface area contributed by atoms with E-state index in [4.69, 9.17) is 11.6 Å². The van der Waals surface area contributed by atoms with E-state index in [1.807, 2.05) is 6.07 Å². The van der Waals surface area contributed by atoms with Crippen LogP contribution in [0.25, 0.3) is 6.08 Å². The van der Waals surface area contributed by atoms with Crippen LogP contribution in [0.3, 0.4) is 0 Å². The maximum absolute atomic E-state index is 10.3. The summed E-state index contributed by atoms with van der Waals surface area (Å²) >= 11 is 5.08. The van der Waals surface area contributed by atoms with Crippen LogP contribution in [0.15, 0.2) is 30.6 Å². The molecule has 11 heavy (non-hydrogen) atoms. The van der Waals surface area contributed by atoms with Crippen LogP contribution in [0.4, 0.5) is 0 Å². The molecule has 0 aromatic carbocycles. The zero-order valence-corrected chi connectivity index (χ0v) is 6.45. The maximum Gasteiger partial charge on any atom is 0.245 e. The van der Waals surface area contributed by atoms with Crippen molar-refractivity contribution in [3.05, 3.63) is 36.2 Å². The topological polar surface area (TPSA) is 30.0 Å². The van der Waals surface area contributed by atoms with Gasteiger partial charge in [0.2, 0.25) is 5.24 Å². The maximum atomic E-state index is 10.3. The molecule has 0 N–H and O–H groups in total. The molecule has 56 valence electrons. The molecule has 0 aliphatic rings. The molecule has 0 aliphatic carbocycles. The van der Waals surface area contributed by atoms with Gasteiger partial charge in [-0.1, -0.05) is 6.07 Å². The Hall–Kier alpha value is -1.15. The summed E-state index contributed by atoms with van der Waals surface area (Å²) in [6.07, 6.45) is 6.22. The molecule has 0 radical (unpaired) electrons. The lowest BCUT2D eigenvalue weighted by molar-refractivity contribution is -0.107. The van der Waals surface area contributed by atoms with Crippen LogP contribution < -0.4 is 0 Å². The smallest absolute Gasteiger partial charge is 0.245 e. The second-order valence-electron chi connectivity index (χ2n) is 1.92. The molecule has 0 aliphatic heterocycles. The Labute approximate surface area is 69.5 Å². The summed E-state index contributed by atoms with van der Waals surface area (Å²) in [6, 6.07) is 3.63. The van der Waals surface area contributed by atoms with Gasteiger partial charge in [0, 0.05) is 12.4 Å². The van der Waals surface area contributed by atoms with Crippen molar-refractivity contribution < 1.29 is 4.79 Å². The van der Waals surface area contributed by atoms with Gasteiger partial charge >= 0.3 is 0 Å². The van der Waals surface area contributed by atoms with E-state index in [0.29, 0.717) is 0 Å². The molecule has 0 spiro atoms. The first kappa shape index (κ1) is 7.95. The molecule has 3 heteroatoms. The molecular weight excluding hydrogens is 162 g/mol. The van der Waals surface area contributed by atoms with Crippen LogP contribution in [0.5, 0.6) is 0 Å². The number of hydrogen-bond donors (Lipinski definition) is 0. The molecule has 0 bridgehead atoms. The van der Waals surface area contributed by atoms with Crippen molar-refractivity contribution in [2.75, 3.05) is 0 Å². The fourth-order valence-corrected chi connectivity index (χ4v) is 0.699. The zero-order valence-electron chi connectivity index (χ0n) is 5.70. The number of pyridine rings is 1. The fraction of sp³-hybridized carbons (Fsp3) is 0. The van der Waals surface area contributed by atoms with Gasteiger partial charge in [0.05, 0.1) is 0 Å². The van der Waals surface area contributed by atoms with Crippen molar-refractivity contribution in [3.63, 3.8) is 0 Å². The van der Waals surface area contributed by atoms with Crippen LogP contribution >= 0.6 is 11.6 Å². The van der Waals surface area contributed by atoms with Gasteiger partial charge in [0.15, 0.2) is 0 Å². The van der Waals surface area contributed by atoms with E-state index < -0.39 is 5.24 Å². The number of allylic oxidation sites excluding steroid dienone is 1. The van der Waals surface area contributed by atoms with Gasteiger partial charge in [-0.05, 0) is 35.4 Å². The molecule has 1 aromatic heterocycles. The summed E-state index contributed by atoms with van der Waals surface area (Å²) in [6.45, 7) is 0. The van der Waals surface area contributed by atoms with E-state index in [1.165, 1.54) is 6.08 Å². The summed E-state index contributed by atoms with van der Waals surface area (Å²) in [4.78, 5) is 14.1. The lowest BCUT2D eigenvalue weighted by Gasteiger charge is -1.87. The third-order valence-corrected chi connectivity index (χ3v) is 1.22. The Kier molecular flexibility index (Phi) is 2.81. The summed E-state index contributed by atoms with van der Waals surface area (Å²) < 4.78 is 0. The van der Waals surface area contributed by atoms with E-state index in [9.17, 15) is 4.79 Å². The van der Waals surface area contributed by atoms with Crippen molar-refractivity contribution in [1.29, 1.82) is 0 Å². The minimum Gasteiger partial charge on any atom is -0.276 e. The van der Waals surface area contributed by atoms with Crippen LogP contribution in [-0.2, 0) is 4.79 Å². The third kappa shape index (κ3) is 2.96. The molecule has 0 saturated carbocycles. The summed E-state index contributed by atoms with van der Waals surface area (Å²) in [5.74, 6) is 0. The van der Waals surface area contributed by atoms with E-state index in [-0.39, 0.29) is 0 Å². The lowest BCUT2D eigenvalue weighted by atomic mass is 10.3. The first-order valence-corrected chi connectivity index (χ1v) is 3.44. The van der Waals surface area contributed by atoms with Crippen molar-refractivity contribution in [2.24, 2.45) is 0 Å². The second kappa shape index (κ2) is 3.88. The molecule has 0 saturated heterocycles. The number of halogens is 1. The fourth-order valence-electron chi connectivity index (χ4n) is 0.636. The molecule has 0 unspecified atom stereocenters. The van der Waals surface area contributed by atoms with E-state index in [2.05, 4.69) is 4.98 Å². The van der Waals surface area contributed by atoms with Gasteiger partial charge in [-0.15, -0.1) is 0 Å². The number of carbonyl (C=O) groups excluding carboxylic acids is 1. The summed E-state index contributed by atoms with van der Waals surface area (Å²) in [7, 11) is 0. The SMILES string of the molecule is O=C(Cl)/C=C\c1cccnc1. The van der Waals surface area contributed by atoms with E-state index >= 15 is 0 Å². The molecule has 1 heterocycles. The van der Waals surface area contributed by atoms with Crippen molar-refractivity contribution in [1.82, 2.24) is 4.98 Å². The van der Waals surface area contributed by atoms with Crippen LogP contribution in [-0.4, -0.2) is 10.2 Å². The molecule has 0 fully saturated rings. The number of nitrogens with zero attached hydrogens (tertiary/aromatic N) is 1. The van der Waals surface area contributed by atoms with Crippen LogP contribution in [0.1, 0.15) is 5.56 Å². The van der Waals surface area contributed by atoms with Crippen molar-refractivity contribution >= 4 is 22.9 Å². The third-order valence-electron chi connectivity index (χ3n) is 1.09. The largest absolute Gasteiger partial charge is 0.276 e.